The Morgan fingerprint density at radius 1 is 1.35 bits per heavy atom. The van der Waals surface area contributed by atoms with E-state index in [0.717, 1.165) is 12.8 Å². The second kappa shape index (κ2) is 6.24. The van der Waals surface area contributed by atoms with E-state index in [4.69, 9.17) is 0 Å². The molecule has 1 amide bonds. The molecule has 2 rings (SSSR count). The minimum absolute atomic E-state index is 0.170. The average molecular weight is 361 g/mol. The average Bonchev–Trinajstić information content (AvgIpc) is 2.93. The van der Waals surface area contributed by atoms with Crippen molar-refractivity contribution in [1.29, 1.82) is 0 Å². The van der Waals surface area contributed by atoms with Crippen LogP contribution in [0.5, 0.6) is 0 Å². The van der Waals surface area contributed by atoms with E-state index < -0.39 is 10.0 Å². The van der Waals surface area contributed by atoms with Crippen LogP contribution in [0.3, 0.4) is 0 Å². The van der Waals surface area contributed by atoms with Crippen molar-refractivity contribution in [3.8, 4) is 0 Å². The van der Waals surface area contributed by atoms with Gasteiger partial charge < -0.3 is 5.32 Å². The van der Waals surface area contributed by atoms with E-state index >= 15 is 0 Å². The summed E-state index contributed by atoms with van der Waals surface area (Å²) in [7, 11) is -3.49. The van der Waals surface area contributed by atoms with Crippen molar-refractivity contribution in [2.45, 2.75) is 24.7 Å². The largest absolute Gasteiger partial charge is 0.352 e. The van der Waals surface area contributed by atoms with Crippen molar-refractivity contribution in [3.05, 3.63) is 28.2 Å². The molecule has 110 valence electrons. The first-order valence-electron chi connectivity index (χ1n) is 6.54. The van der Waals surface area contributed by atoms with Gasteiger partial charge in [-0.25, -0.2) is 8.42 Å². The zero-order valence-electron chi connectivity index (χ0n) is 11.2. The van der Waals surface area contributed by atoms with Crippen LogP contribution < -0.4 is 5.32 Å². The summed E-state index contributed by atoms with van der Waals surface area (Å²) in [5, 5.41) is 2.67. The van der Waals surface area contributed by atoms with Gasteiger partial charge in [-0.05, 0) is 53.9 Å². The monoisotopic (exact) mass is 360 g/mol. The lowest BCUT2D eigenvalue weighted by Crippen LogP contribution is -2.28. The molecule has 1 aromatic rings. The maximum absolute atomic E-state index is 12.5. The van der Waals surface area contributed by atoms with Crippen molar-refractivity contribution < 1.29 is 13.2 Å². The highest BCUT2D eigenvalue weighted by Crippen LogP contribution is 2.25. The SMILES string of the molecule is CCNC(=O)c1cc(S(=O)(=O)N2CCCC2)ccc1Br. The summed E-state index contributed by atoms with van der Waals surface area (Å²) in [5.74, 6) is -0.280. The fourth-order valence-electron chi connectivity index (χ4n) is 2.17. The van der Waals surface area contributed by atoms with Gasteiger partial charge in [0.05, 0.1) is 10.5 Å². The highest BCUT2D eigenvalue weighted by atomic mass is 79.9. The first-order chi connectivity index (χ1) is 9.46. The molecule has 20 heavy (non-hydrogen) atoms. The Hall–Kier alpha value is -0.920. The minimum Gasteiger partial charge on any atom is -0.352 e. The Morgan fingerprint density at radius 2 is 2.00 bits per heavy atom. The Labute approximate surface area is 127 Å². The lowest BCUT2D eigenvalue weighted by molar-refractivity contribution is 0.0955. The highest BCUT2D eigenvalue weighted by molar-refractivity contribution is 9.10. The standard InChI is InChI=1S/C13H17BrN2O3S/c1-2-15-13(17)11-9-10(5-6-12(11)14)20(18,19)16-7-3-4-8-16/h5-6,9H,2-4,7-8H2,1H3,(H,15,17). The third-order valence-corrected chi connectivity index (χ3v) is 5.81. The van der Waals surface area contributed by atoms with Crippen LogP contribution >= 0.6 is 15.9 Å². The van der Waals surface area contributed by atoms with Crippen LogP contribution in [0.15, 0.2) is 27.6 Å². The summed E-state index contributed by atoms with van der Waals surface area (Å²) in [6.07, 6.45) is 1.78. The van der Waals surface area contributed by atoms with Gasteiger partial charge in [0.25, 0.3) is 5.91 Å². The van der Waals surface area contributed by atoms with Gasteiger partial charge in [-0.2, -0.15) is 4.31 Å². The van der Waals surface area contributed by atoms with Crippen molar-refractivity contribution in [2.75, 3.05) is 19.6 Å². The molecule has 0 aromatic heterocycles. The number of hydrogen-bond donors (Lipinski definition) is 1. The first kappa shape index (κ1) is 15.5. The number of halogens is 1. The molecule has 1 fully saturated rings. The van der Waals surface area contributed by atoms with Gasteiger partial charge in [0.2, 0.25) is 10.0 Å². The summed E-state index contributed by atoms with van der Waals surface area (Å²) < 4.78 is 27.0. The number of sulfonamides is 1. The summed E-state index contributed by atoms with van der Waals surface area (Å²) in [6, 6.07) is 4.57. The first-order valence-corrected chi connectivity index (χ1v) is 8.78. The van der Waals surface area contributed by atoms with Crippen LogP contribution in [0.1, 0.15) is 30.1 Å². The molecular formula is C13H17BrN2O3S. The quantitative estimate of drug-likeness (QED) is 0.892. The summed E-state index contributed by atoms with van der Waals surface area (Å²) in [5.41, 5.74) is 0.340. The maximum Gasteiger partial charge on any atom is 0.252 e. The van der Waals surface area contributed by atoms with E-state index in [-0.39, 0.29) is 10.8 Å². The van der Waals surface area contributed by atoms with E-state index in [9.17, 15) is 13.2 Å². The number of hydrogen-bond acceptors (Lipinski definition) is 3. The molecule has 1 saturated heterocycles. The van der Waals surface area contributed by atoms with Crippen LogP contribution in [0, 0.1) is 0 Å². The number of benzene rings is 1. The molecule has 0 radical (unpaired) electrons. The molecule has 0 bridgehead atoms. The molecule has 0 saturated carbocycles. The number of rotatable bonds is 4. The molecule has 1 N–H and O–H groups in total. The van der Waals surface area contributed by atoms with E-state index in [2.05, 4.69) is 21.2 Å². The third kappa shape index (κ3) is 3.05. The number of carbonyl (C=O) groups excluding carboxylic acids is 1. The molecule has 0 spiro atoms. The van der Waals surface area contributed by atoms with Crippen molar-refractivity contribution in [1.82, 2.24) is 9.62 Å². The normalized spacial score (nSPS) is 16.3. The molecule has 1 heterocycles. The Bertz CT molecular complexity index is 610. The third-order valence-electron chi connectivity index (χ3n) is 3.22. The minimum atomic E-state index is -3.49. The topological polar surface area (TPSA) is 66.5 Å². The lowest BCUT2D eigenvalue weighted by atomic mass is 10.2. The zero-order valence-corrected chi connectivity index (χ0v) is 13.6. The van der Waals surface area contributed by atoms with Crippen LogP contribution in [0.2, 0.25) is 0 Å². The molecule has 1 aromatic carbocycles. The highest BCUT2D eigenvalue weighted by Gasteiger charge is 2.28. The fraction of sp³-hybridized carbons (Fsp3) is 0.462. The molecule has 0 atom stereocenters. The predicted octanol–water partition coefficient (Wildman–Crippen LogP) is 1.98. The Balaban J connectivity index is 2.38. The molecular weight excluding hydrogens is 344 g/mol. The predicted molar refractivity (Wildman–Crippen MR) is 80.1 cm³/mol. The molecule has 1 aliphatic heterocycles. The van der Waals surface area contributed by atoms with Gasteiger partial charge in [-0.1, -0.05) is 0 Å². The van der Waals surface area contributed by atoms with Crippen molar-refractivity contribution >= 4 is 31.9 Å². The second-order valence-electron chi connectivity index (χ2n) is 4.61. The van der Waals surface area contributed by atoms with Gasteiger partial charge in [0, 0.05) is 24.1 Å². The number of carbonyl (C=O) groups is 1. The molecule has 7 heteroatoms. The molecule has 0 unspecified atom stereocenters. The summed E-state index contributed by atoms with van der Waals surface area (Å²) in [6.45, 7) is 3.41. The number of nitrogens with one attached hydrogen (secondary N) is 1. The van der Waals surface area contributed by atoms with E-state index in [1.54, 1.807) is 6.07 Å². The summed E-state index contributed by atoms with van der Waals surface area (Å²) >= 11 is 3.28. The second-order valence-corrected chi connectivity index (χ2v) is 7.40. The van der Waals surface area contributed by atoms with E-state index in [1.807, 2.05) is 6.92 Å². The molecule has 0 aliphatic carbocycles. The van der Waals surface area contributed by atoms with Gasteiger partial charge in [0.1, 0.15) is 0 Å². The smallest absolute Gasteiger partial charge is 0.252 e. The lowest BCUT2D eigenvalue weighted by Gasteiger charge is -2.16. The van der Waals surface area contributed by atoms with Crippen LogP contribution in [0.25, 0.3) is 0 Å². The number of amides is 1. The van der Waals surface area contributed by atoms with Crippen molar-refractivity contribution in [2.24, 2.45) is 0 Å². The maximum atomic E-state index is 12.5. The van der Waals surface area contributed by atoms with Gasteiger partial charge in [0.15, 0.2) is 0 Å². The van der Waals surface area contributed by atoms with Crippen molar-refractivity contribution in [3.63, 3.8) is 0 Å². The zero-order chi connectivity index (χ0) is 14.8. The Kier molecular flexibility index (Phi) is 4.82. The van der Waals surface area contributed by atoms with Crippen LogP contribution in [-0.4, -0.2) is 38.3 Å². The fourth-order valence-corrected chi connectivity index (χ4v) is 4.14. The van der Waals surface area contributed by atoms with E-state index in [1.165, 1.54) is 16.4 Å². The van der Waals surface area contributed by atoms with Crippen LogP contribution in [0.4, 0.5) is 0 Å². The molecule has 1 aliphatic rings. The molecule has 5 nitrogen and oxygen atoms in total. The van der Waals surface area contributed by atoms with Gasteiger partial charge in [-0.3, -0.25) is 4.79 Å². The van der Waals surface area contributed by atoms with Gasteiger partial charge >= 0.3 is 0 Å². The number of nitrogens with zero attached hydrogens (tertiary/aromatic N) is 1. The summed E-state index contributed by atoms with van der Waals surface area (Å²) in [4.78, 5) is 12.1. The van der Waals surface area contributed by atoms with Crippen LogP contribution in [-0.2, 0) is 10.0 Å². The van der Waals surface area contributed by atoms with E-state index in [0.29, 0.717) is 29.7 Å². The van der Waals surface area contributed by atoms with Gasteiger partial charge in [-0.15, -0.1) is 0 Å². The Morgan fingerprint density at radius 3 is 2.60 bits per heavy atom.